The number of unbranched alkanes of at least 4 members (excludes halogenated alkanes) is 15. The fraction of sp³-hybridized carbons (Fsp3) is 0.886. The lowest BCUT2D eigenvalue weighted by Crippen LogP contribution is -2.59. The van der Waals surface area contributed by atoms with E-state index in [1.54, 1.807) is 0 Å². The average molecular weight is 645 g/mol. The summed E-state index contributed by atoms with van der Waals surface area (Å²) in [6.45, 7) is 3.31. The highest BCUT2D eigenvalue weighted by atomic mass is 16.7. The SMILES string of the molecule is CCCCCCC/C=C\CCCCCCCC(=O)OC(COC(=O)CCCCCCCC)COC1OC(CO)C(O)C(O)C1O. The summed E-state index contributed by atoms with van der Waals surface area (Å²) in [5.74, 6) is -0.826. The minimum absolute atomic E-state index is 0.218. The lowest BCUT2D eigenvalue weighted by atomic mass is 9.99. The van der Waals surface area contributed by atoms with Gasteiger partial charge in [0.1, 0.15) is 31.0 Å². The number of allylic oxidation sites excluding steroid dienone is 2. The summed E-state index contributed by atoms with van der Waals surface area (Å²) < 4.78 is 21.9. The van der Waals surface area contributed by atoms with Crippen LogP contribution in [0.5, 0.6) is 0 Å². The Hall–Kier alpha value is -1.56. The highest BCUT2D eigenvalue weighted by Gasteiger charge is 2.44. The van der Waals surface area contributed by atoms with Crippen LogP contribution in [0, 0.1) is 0 Å². The van der Waals surface area contributed by atoms with Crippen molar-refractivity contribution >= 4 is 11.9 Å². The molecule has 0 aromatic heterocycles. The summed E-state index contributed by atoms with van der Waals surface area (Å²) in [5, 5.41) is 39.7. The Morgan fingerprint density at radius 2 is 1.18 bits per heavy atom. The molecule has 0 radical (unpaired) electrons. The van der Waals surface area contributed by atoms with Gasteiger partial charge in [-0.05, 0) is 38.5 Å². The molecule has 10 nitrogen and oxygen atoms in total. The molecule has 1 aliphatic heterocycles. The number of hydrogen-bond acceptors (Lipinski definition) is 10. The molecule has 6 unspecified atom stereocenters. The Balaban J connectivity index is 2.41. The fourth-order valence-electron chi connectivity index (χ4n) is 5.24. The molecule has 1 aliphatic rings. The summed E-state index contributed by atoms with van der Waals surface area (Å²) in [6.07, 6.45) is 16.9. The number of aliphatic hydroxyl groups is 4. The molecule has 1 rings (SSSR count). The third-order valence-electron chi connectivity index (χ3n) is 8.15. The molecule has 6 atom stereocenters. The Morgan fingerprint density at radius 1 is 0.667 bits per heavy atom. The third-order valence-corrected chi connectivity index (χ3v) is 8.15. The van der Waals surface area contributed by atoms with Gasteiger partial charge in [0.05, 0.1) is 13.2 Å². The number of rotatable bonds is 28. The zero-order valence-electron chi connectivity index (χ0n) is 28.1. The second kappa shape index (κ2) is 27.5. The van der Waals surface area contributed by atoms with Crippen LogP contribution in [0.3, 0.4) is 0 Å². The zero-order chi connectivity index (χ0) is 33.1. The van der Waals surface area contributed by atoms with Crippen molar-refractivity contribution in [2.75, 3.05) is 19.8 Å². The van der Waals surface area contributed by atoms with Crippen molar-refractivity contribution in [2.24, 2.45) is 0 Å². The van der Waals surface area contributed by atoms with Gasteiger partial charge in [0.2, 0.25) is 0 Å². The normalized spacial score (nSPS) is 22.5. The van der Waals surface area contributed by atoms with Crippen LogP contribution in [0.2, 0.25) is 0 Å². The molecule has 0 aromatic carbocycles. The van der Waals surface area contributed by atoms with E-state index in [1.165, 1.54) is 44.9 Å². The first kappa shape index (κ1) is 41.5. The van der Waals surface area contributed by atoms with Crippen molar-refractivity contribution < 1.29 is 49.0 Å². The number of esters is 2. The van der Waals surface area contributed by atoms with Crippen LogP contribution in [0.1, 0.15) is 142 Å². The largest absolute Gasteiger partial charge is 0.462 e. The second-order valence-electron chi connectivity index (χ2n) is 12.3. The summed E-state index contributed by atoms with van der Waals surface area (Å²) in [7, 11) is 0. The molecule has 10 heteroatoms. The maximum atomic E-state index is 12.6. The van der Waals surface area contributed by atoms with E-state index < -0.39 is 49.4 Å². The predicted molar refractivity (Wildman–Crippen MR) is 173 cm³/mol. The van der Waals surface area contributed by atoms with E-state index in [-0.39, 0.29) is 32.0 Å². The van der Waals surface area contributed by atoms with Crippen molar-refractivity contribution in [1.82, 2.24) is 0 Å². The minimum Gasteiger partial charge on any atom is -0.462 e. The van der Waals surface area contributed by atoms with Crippen molar-refractivity contribution in [3.63, 3.8) is 0 Å². The van der Waals surface area contributed by atoms with Crippen LogP contribution < -0.4 is 0 Å². The summed E-state index contributed by atoms with van der Waals surface area (Å²) in [4.78, 5) is 24.9. The van der Waals surface area contributed by atoms with E-state index in [2.05, 4.69) is 26.0 Å². The first-order chi connectivity index (χ1) is 21.8. The standard InChI is InChI=1S/C35H64O10/c1-3-5-7-9-11-12-13-14-15-16-17-18-20-22-24-31(38)44-28(26-42-30(37)23-21-19-10-8-6-4-2)27-43-35-34(41)33(40)32(39)29(25-36)45-35/h13-14,28-29,32-36,39-41H,3-12,15-27H2,1-2H3/b14-13-. The second-order valence-corrected chi connectivity index (χ2v) is 12.3. The van der Waals surface area contributed by atoms with Crippen LogP contribution in [-0.4, -0.2) is 89.0 Å². The maximum absolute atomic E-state index is 12.6. The molecule has 1 heterocycles. The van der Waals surface area contributed by atoms with Crippen molar-refractivity contribution in [1.29, 1.82) is 0 Å². The van der Waals surface area contributed by atoms with E-state index in [0.717, 1.165) is 64.2 Å². The van der Waals surface area contributed by atoms with E-state index in [0.29, 0.717) is 6.42 Å². The summed E-state index contributed by atoms with van der Waals surface area (Å²) in [6, 6.07) is 0. The molecule has 0 aromatic rings. The molecular formula is C35H64O10. The molecule has 4 N–H and O–H groups in total. The highest BCUT2D eigenvalue weighted by Crippen LogP contribution is 2.22. The smallest absolute Gasteiger partial charge is 0.306 e. The van der Waals surface area contributed by atoms with Gasteiger partial charge in [-0.25, -0.2) is 0 Å². The Bertz CT molecular complexity index is 759. The van der Waals surface area contributed by atoms with Crippen LogP contribution in [0.15, 0.2) is 12.2 Å². The first-order valence-electron chi connectivity index (χ1n) is 17.8. The lowest BCUT2D eigenvalue weighted by Gasteiger charge is -2.39. The monoisotopic (exact) mass is 644 g/mol. The van der Waals surface area contributed by atoms with Gasteiger partial charge in [-0.2, -0.15) is 0 Å². The molecule has 0 aliphatic carbocycles. The van der Waals surface area contributed by atoms with Gasteiger partial charge in [-0.1, -0.05) is 103 Å². The summed E-state index contributed by atoms with van der Waals surface area (Å²) >= 11 is 0. The van der Waals surface area contributed by atoms with E-state index in [9.17, 15) is 30.0 Å². The van der Waals surface area contributed by atoms with Crippen LogP contribution in [0.25, 0.3) is 0 Å². The fourth-order valence-corrected chi connectivity index (χ4v) is 5.24. The Kier molecular flexibility index (Phi) is 25.4. The van der Waals surface area contributed by atoms with Gasteiger partial charge >= 0.3 is 11.9 Å². The lowest BCUT2D eigenvalue weighted by molar-refractivity contribution is -0.305. The van der Waals surface area contributed by atoms with Crippen LogP contribution in [0.4, 0.5) is 0 Å². The number of carbonyl (C=O) groups is 2. The van der Waals surface area contributed by atoms with Crippen LogP contribution >= 0.6 is 0 Å². The van der Waals surface area contributed by atoms with E-state index in [4.69, 9.17) is 18.9 Å². The number of hydrogen-bond donors (Lipinski definition) is 4. The van der Waals surface area contributed by atoms with Gasteiger partial charge in [0.25, 0.3) is 0 Å². The third kappa shape index (κ3) is 20.3. The Labute approximate surface area is 271 Å². The van der Waals surface area contributed by atoms with E-state index >= 15 is 0 Å². The van der Waals surface area contributed by atoms with Crippen molar-refractivity contribution in [3.8, 4) is 0 Å². The topological polar surface area (TPSA) is 152 Å². The maximum Gasteiger partial charge on any atom is 0.306 e. The van der Waals surface area contributed by atoms with Gasteiger partial charge in [-0.3, -0.25) is 9.59 Å². The van der Waals surface area contributed by atoms with Gasteiger partial charge < -0.3 is 39.4 Å². The number of ether oxygens (including phenoxy) is 4. The van der Waals surface area contributed by atoms with Gasteiger partial charge in [0, 0.05) is 12.8 Å². The molecule has 0 bridgehead atoms. The highest BCUT2D eigenvalue weighted by molar-refractivity contribution is 5.70. The quantitative estimate of drug-likeness (QED) is 0.0477. The van der Waals surface area contributed by atoms with Gasteiger partial charge in [-0.15, -0.1) is 0 Å². The molecule has 0 saturated carbocycles. The molecule has 1 saturated heterocycles. The van der Waals surface area contributed by atoms with Crippen LogP contribution in [-0.2, 0) is 28.5 Å². The Morgan fingerprint density at radius 3 is 1.73 bits per heavy atom. The molecule has 45 heavy (non-hydrogen) atoms. The van der Waals surface area contributed by atoms with Crippen molar-refractivity contribution in [2.45, 2.75) is 179 Å². The van der Waals surface area contributed by atoms with E-state index in [1.807, 2.05) is 0 Å². The van der Waals surface area contributed by atoms with Gasteiger partial charge in [0.15, 0.2) is 12.4 Å². The predicted octanol–water partition coefficient (Wildman–Crippen LogP) is 5.66. The number of carbonyl (C=O) groups excluding carboxylic acids is 2. The first-order valence-corrected chi connectivity index (χ1v) is 17.8. The zero-order valence-corrected chi connectivity index (χ0v) is 28.1. The van der Waals surface area contributed by atoms with Crippen molar-refractivity contribution in [3.05, 3.63) is 12.2 Å². The minimum atomic E-state index is -1.59. The molecule has 0 spiro atoms. The molecular weight excluding hydrogens is 580 g/mol. The molecule has 1 fully saturated rings. The summed E-state index contributed by atoms with van der Waals surface area (Å²) in [5.41, 5.74) is 0. The molecule has 0 amide bonds. The average Bonchev–Trinajstić information content (AvgIpc) is 3.03. The molecule has 264 valence electrons. The number of aliphatic hydroxyl groups excluding tert-OH is 4.